The van der Waals surface area contributed by atoms with E-state index in [4.69, 9.17) is 16.0 Å². The monoisotopic (exact) mass is 254 g/mol. The maximum atomic E-state index is 13.0. The Morgan fingerprint density at radius 3 is 2.88 bits per heavy atom. The van der Waals surface area contributed by atoms with E-state index >= 15 is 0 Å². The maximum Gasteiger partial charge on any atom is 0.174 e. The van der Waals surface area contributed by atoms with Gasteiger partial charge in [-0.15, -0.1) is 0 Å². The molecule has 0 atom stereocenters. The summed E-state index contributed by atoms with van der Waals surface area (Å²) in [6.45, 7) is 0. The van der Waals surface area contributed by atoms with Gasteiger partial charge in [0, 0.05) is 5.39 Å². The lowest BCUT2D eigenvalue weighted by atomic mass is 10.2. The molecule has 80 valence electrons. The van der Waals surface area contributed by atoms with Crippen molar-refractivity contribution < 1.29 is 8.81 Å². The van der Waals surface area contributed by atoms with Gasteiger partial charge in [-0.3, -0.25) is 0 Å². The topological polar surface area (TPSA) is 38.9 Å². The van der Waals surface area contributed by atoms with Gasteiger partial charge >= 0.3 is 0 Å². The van der Waals surface area contributed by atoms with Crippen molar-refractivity contribution in [1.82, 2.24) is 8.75 Å². The molecule has 0 amide bonds. The van der Waals surface area contributed by atoms with Crippen molar-refractivity contribution in [3.8, 4) is 11.5 Å². The predicted molar refractivity (Wildman–Crippen MR) is 60.1 cm³/mol. The van der Waals surface area contributed by atoms with Crippen molar-refractivity contribution in [3.63, 3.8) is 0 Å². The van der Waals surface area contributed by atoms with Crippen LogP contribution in [0.4, 0.5) is 4.39 Å². The van der Waals surface area contributed by atoms with Crippen molar-refractivity contribution >= 4 is 34.3 Å². The van der Waals surface area contributed by atoms with Crippen LogP contribution in [-0.2, 0) is 0 Å². The van der Waals surface area contributed by atoms with Crippen LogP contribution in [-0.4, -0.2) is 8.75 Å². The minimum absolute atomic E-state index is 0.296. The van der Waals surface area contributed by atoms with Crippen LogP contribution in [0.15, 0.2) is 28.7 Å². The highest BCUT2D eigenvalue weighted by atomic mass is 35.5. The summed E-state index contributed by atoms with van der Waals surface area (Å²) >= 11 is 6.84. The van der Waals surface area contributed by atoms with Crippen molar-refractivity contribution in [2.75, 3.05) is 0 Å². The minimum Gasteiger partial charge on any atom is -0.454 e. The lowest BCUT2D eigenvalue weighted by Crippen LogP contribution is -1.71. The molecular formula is C10H4ClFN2OS. The van der Waals surface area contributed by atoms with E-state index in [1.807, 2.05) is 0 Å². The first-order chi connectivity index (χ1) is 7.74. The standard InChI is InChI=1S/C10H4ClFN2OS/c11-10-9(13-16-14-10)8-4-5-3-6(12)1-2-7(5)15-8/h1-4H. The zero-order valence-corrected chi connectivity index (χ0v) is 9.35. The zero-order valence-electron chi connectivity index (χ0n) is 7.78. The van der Waals surface area contributed by atoms with E-state index < -0.39 is 0 Å². The van der Waals surface area contributed by atoms with Crippen LogP contribution < -0.4 is 0 Å². The molecule has 0 aliphatic rings. The third kappa shape index (κ3) is 1.48. The predicted octanol–water partition coefficient (Wildman–Crippen LogP) is 3.74. The Morgan fingerprint density at radius 2 is 2.12 bits per heavy atom. The van der Waals surface area contributed by atoms with Gasteiger partial charge in [0.05, 0.1) is 11.7 Å². The molecule has 2 aromatic heterocycles. The smallest absolute Gasteiger partial charge is 0.174 e. The summed E-state index contributed by atoms with van der Waals surface area (Å²) in [5.74, 6) is 0.196. The van der Waals surface area contributed by atoms with Gasteiger partial charge in [-0.2, -0.15) is 8.75 Å². The largest absolute Gasteiger partial charge is 0.454 e. The molecule has 0 N–H and O–H groups in total. The lowest BCUT2D eigenvalue weighted by Gasteiger charge is -1.88. The van der Waals surface area contributed by atoms with Crippen LogP contribution in [0.25, 0.3) is 22.4 Å². The summed E-state index contributed by atoms with van der Waals surface area (Å²) in [5, 5.41) is 0.976. The number of halogens is 2. The Hall–Kier alpha value is -1.46. The molecule has 0 bridgehead atoms. The van der Waals surface area contributed by atoms with Crippen LogP contribution >= 0.6 is 23.3 Å². The molecular weight excluding hydrogens is 251 g/mol. The Morgan fingerprint density at radius 1 is 1.25 bits per heavy atom. The van der Waals surface area contributed by atoms with E-state index in [0.717, 1.165) is 11.7 Å². The first-order valence-corrected chi connectivity index (χ1v) is 5.52. The van der Waals surface area contributed by atoms with Crippen LogP contribution in [0.1, 0.15) is 0 Å². The molecule has 0 radical (unpaired) electrons. The van der Waals surface area contributed by atoms with Gasteiger partial charge in [0.1, 0.15) is 11.4 Å². The van der Waals surface area contributed by atoms with E-state index in [-0.39, 0.29) is 5.82 Å². The van der Waals surface area contributed by atoms with Gasteiger partial charge in [-0.1, -0.05) is 11.6 Å². The molecule has 0 saturated carbocycles. The average molecular weight is 255 g/mol. The molecule has 3 nitrogen and oxygen atoms in total. The van der Waals surface area contributed by atoms with Crippen LogP contribution in [0.5, 0.6) is 0 Å². The molecule has 0 unspecified atom stereocenters. The highest BCUT2D eigenvalue weighted by Crippen LogP contribution is 2.31. The molecule has 3 aromatic rings. The first kappa shape index (κ1) is 9.74. The van der Waals surface area contributed by atoms with Crippen LogP contribution in [0, 0.1) is 5.82 Å². The average Bonchev–Trinajstić information content (AvgIpc) is 2.82. The SMILES string of the molecule is Fc1ccc2oc(-c3nsnc3Cl)cc2c1. The number of fused-ring (bicyclic) bond motifs is 1. The molecule has 0 aliphatic carbocycles. The second-order valence-electron chi connectivity index (χ2n) is 3.20. The van der Waals surface area contributed by atoms with E-state index in [9.17, 15) is 4.39 Å². The number of furan rings is 1. The molecule has 0 spiro atoms. The summed E-state index contributed by atoms with van der Waals surface area (Å²) in [4.78, 5) is 0. The number of rotatable bonds is 1. The maximum absolute atomic E-state index is 13.0. The summed E-state index contributed by atoms with van der Waals surface area (Å²) in [6.07, 6.45) is 0. The Labute approximate surface area is 98.8 Å². The highest BCUT2D eigenvalue weighted by Gasteiger charge is 2.13. The minimum atomic E-state index is -0.303. The third-order valence-corrected chi connectivity index (χ3v) is 3.05. The second-order valence-corrected chi connectivity index (χ2v) is 4.08. The second kappa shape index (κ2) is 3.54. The highest BCUT2D eigenvalue weighted by molar-refractivity contribution is 6.99. The number of hydrogen-bond donors (Lipinski definition) is 0. The number of benzene rings is 1. The fraction of sp³-hybridized carbons (Fsp3) is 0. The van der Waals surface area contributed by atoms with E-state index in [2.05, 4.69) is 8.75 Å². The summed E-state index contributed by atoms with van der Waals surface area (Å²) in [6, 6.07) is 6.01. The van der Waals surface area contributed by atoms with Gasteiger partial charge < -0.3 is 4.42 Å². The van der Waals surface area contributed by atoms with Crippen molar-refractivity contribution in [2.45, 2.75) is 0 Å². The van der Waals surface area contributed by atoms with Gasteiger partial charge in [-0.05, 0) is 24.3 Å². The molecule has 3 rings (SSSR count). The van der Waals surface area contributed by atoms with Gasteiger partial charge in [0.25, 0.3) is 0 Å². The number of nitrogens with zero attached hydrogens (tertiary/aromatic N) is 2. The van der Waals surface area contributed by atoms with Crippen LogP contribution in [0.2, 0.25) is 5.15 Å². The van der Waals surface area contributed by atoms with Gasteiger partial charge in [-0.25, -0.2) is 4.39 Å². The molecule has 6 heteroatoms. The third-order valence-electron chi connectivity index (χ3n) is 2.16. The van der Waals surface area contributed by atoms with Crippen molar-refractivity contribution in [3.05, 3.63) is 35.2 Å². The molecule has 16 heavy (non-hydrogen) atoms. The van der Waals surface area contributed by atoms with Crippen LogP contribution in [0.3, 0.4) is 0 Å². The number of aromatic nitrogens is 2. The zero-order chi connectivity index (χ0) is 11.1. The Bertz CT molecular complexity index is 664. The van der Waals surface area contributed by atoms with Crippen molar-refractivity contribution in [2.24, 2.45) is 0 Å². The Balaban J connectivity index is 2.23. The van der Waals surface area contributed by atoms with E-state index in [0.29, 0.717) is 27.6 Å². The summed E-state index contributed by atoms with van der Waals surface area (Å²) in [5.41, 5.74) is 1.09. The molecule has 2 heterocycles. The summed E-state index contributed by atoms with van der Waals surface area (Å²) < 4.78 is 26.3. The van der Waals surface area contributed by atoms with Gasteiger partial charge in [0.15, 0.2) is 16.6 Å². The molecule has 0 fully saturated rings. The quantitative estimate of drug-likeness (QED) is 0.664. The molecule has 0 saturated heterocycles. The van der Waals surface area contributed by atoms with Gasteiger partial charge in [0.2, 0.25) is 0 Å². The van der Waals surface area contributed by atoms with E-state index in [1.54, 1.807) is 12.1 Å². The van der Waals surface area contributed by atoms with E-state index in [1.165, 1.54) is 12.1 Å². The normalized spacial score (nSPS) is 11.1. The first-order valence-electron chi connectivity index (χ1n) is 4.41. The molecule has 1 aromatic carbocycles. The van der Waals surface area contributed by atoms with Crippen molar-refractivity contribution in [1.29, 1.82) is 0 Å². The number of hydrogen-bond acceptors (Lipinski definition) is 4. The fourth-order valence-electron chi connectivity index (χ4n) is 1.46. The molecule has 0 aliphatic heterocycles. The summed E-state index contributed by atoms with van der Waals surface area (Å²) in [7, 11) is 0. The fourth-order valence-corrected chi connectivity index (χ4v) is 2.19. The Kier molecular flexibility index (Phi) is 2.15. The lowest BCUT2D eigenvalue weighted by molar-refractivity contribution is 0.618.